The van der Waals surface area contributed by atoms with Gasteiger partial charge in [-0.05, 0) is 56.3 Å². The van der Waals surface area contributed by atoms with Crippen molar-refractivity contribution in [3.63, 3.8) is 0 Å². The zero-order chi connectivity index (χ0) is 13.0. The molecule has 1 aromatic carbocycles. The van der Waals surface area contributed by atoms with Gasteiger partial charge in [0, 0.05) is 0 Å². The Morgan fingerprint density at radius 2 is 2.05 bits per heavy atom. The van der Waals surface area contributed by atoms with E-state index >= 15 is 0 Å². The van der Waals surface area contributed by atoms with Gasteiger partial charge in [0.25, 0.3) is 0 Å². The largest absolute Gasteiger partial charge is 0.416 e. The fourth-order valence-electron chi connectivity index (χ4n) is 2.44. The molecule has 0 bridgehead atoms. The van der Waals surface area contributed by atoms with Crippen LogP contribution in [0.15, 0.2) is 24.3 Å². The normalized spacial score (nSPS) is 19.8. The van der Waals surface area contributed by atoms with Crippen LogP contribution in [0.1, 0.15) is 30.4 Å². The molecule has 0 aromatic heterocycles. The third-order valence-corrected chi connectivity index (χ3v) is 3.49. The molecule has 1 aliphatic heterocycles. The van der Waals surface area contributed by atoms with Crippen LogP contribution < -0.4 is 5.32 Å². The number of alkyl halides is 3. The lowest BCUT2D eigenvalue weighted by molar-refractivity contribution is -0.137. The maximum absolute atomic E-state index is 12.6. The van der Waals surface area contributed by atoms with E-state index in [1.165, 1.54) is 25.0 Å². The Bertz CT molecular complexity index is 387. The van der Waals surface area contributed by atoms with Crippen molar-refractivity contribution in [3.8, 4) is 0 Å². The summed E-state index contributed by atoms with van der Waals surface area (Å²) in [6.07, 6.45) is -0.174. The summed E-state index contributed by atoms with van der Waals surface area (Å²) in [7, 11) is 0. The second-order valence-corrected chi connectivity index (χ2v) is 4.95. The van der Waals surface area contributed by atoms with Gasteiger partial charge in [0.2, 0.25) is 0 Å². The lowest BCUT2D eigenvalue weighted by Crippen LogP contribution is -2.29. The van der Waals surface area contributed by atoms with E-state index in [4.69, 9.17) is 0 Å². The van der Waals surface area contributed by atoms with Crippen molar-refractivity contribution >= 4 is 12.4 Å². The average molecular weight is 294 g/mol. The average Bonchev–Trinajstić information content (AvgIpc) is 2.37. The first-order chi connectivity index (χ1) is 8.55. The molecule has 1 atom stereocenters. The van der Waals surface area contributed by atoms with Crippen molar-refractivity contribution in [3.05, 3.63) is 35.4 Å². The van der Waals surface area contributed by atoms with Crippen molar-refractivity contribution in [1.29, 1.82) is 0 Å². The van der Waals surface area contributed by atoms with E-state index in [9.17, 15) is 13.2 Å². The fraction of sp³-hybridized carbons (Fsp3) is 0.571. The minimum absolute atomic E-state index is 0. The Hall–Kier alpha value is -0.740. The van der Waals surface area contributed by atoms with Crippen LogP contribution in [0.25, 0.3) is 0 Å². The highest BCUT2D eigenvalue weighted by atomic mass is 35.5. The van der Waals surface area contributed by atoms with Crippen LogP contribution in [0.5, 0.6) is 0 Å². The third-order valence-electron chi connectivity index (χ3n) is 3.49. The Morgan fingerprint density at radius 3 is 2.68 bits per heavy atom. The lowest BCUT2D eigenvalue weighted by atomic mass is 9.92. The van der Waals surface area contributed by atoms with Crippen LogP contribution >= 0.6 is 12.4 Å². The molecule has 0 saturated carbocycles. The molecule has 1 saturated heterocycles. The predicted octanol–water partition coefficient (Wildman–Crippen LogP) is 4.06. The summed E-state index contributed by atoms with van der Waals surface area (Å²) < 4.78 is 37.7. The summed E-state index contributed by atoms with van der Waals surface area (Å²) in [6, 6.07) is 5.69. The van der Waals surface area contributed by atoms with Gasteiger partial charge in [-0.15, -0.1) is 12.4 Å². The molecule has 1 aromatic rings. The molecular weight excluding hydrogens is 275 g/mol. The molecule has 0 aliphatic carbocycles. The van der Waals surface area contributed by atoms with Gasteiger partial charge in [-0.25, -0.2) is 0 Å². The summed E-state index contributed by atoms with van der Waals surface area (Å²) in [5, 5.41) is 3.33. The van der Waals surface area contributed by atoms with Crippen molar-refractivity contribution in [1.82, 2.24) is 5.32 Å². The number of halogens is 4. The molecule has 19 heavy (non-hydrogen) atoms. The number of aryl methyl sites for hydroxylation is 1. The van der Waals surface area contributed by atoms with Crippen molar-refractivity contribution in [2.24, 2.45) is 5.92 Å². The minimum Gasteiger partial charge on any atom is -0.316 e. The van der Waals surface area contributed by atoms with Gasteiger partial charge in [0.1, 0.15) is 0 Å². The standard InChI is InChI=1S/C14H18F3N.ClH/c15-14(16,17)13-5-1-3-11(9-13)6-7-12-4-2-8-18-10-12;/h1,3,5,9,12,18H,2,4,6-8,10H2;1H. The Kier molecular flexibility index (Phi) is 6.14. The molecule has 1 fully saturated rings. The second kappa shape index (κ2) is 7.15. The monoisotopic (exact) mass is 293 g/mol. The molecule has 0 spiro atoms. The van der Waals surface area contributed by atoms with Crippen LogP contribution in [0.3, 0.4) is 0 Å². The predicted molar refractivity (Wildman–Crippen MR) is 72.6 cm³/mol. The van der Waals surface area contributed by atoms with Crippen molar-refractivity contribution in [2.75, 3.05) is 13.1 Å². The van der Waals surface area contributed by atoms with E-state index in [2.05, 4.69) is 5.32 Å². The fourth-order valence-corrected chi connectivity index (χ4v) is 2.44. The summed E-state index contributed by atoms with van der Waals surface area (Å²) >= 11 is 0. The molecule has 0 radical (unpaired) electrons. The van der Waals surface area contributed by atoms with Crippen LogP contribution in [0.4, 0.5) is 13.2 Å². The third kappa shape index (κ3) is 5.03. The summed E-state index contributed by atoms with van der Waals surface area (Å²) in [4.78, 5) is 0. The van der Waals surface area contributed by atoms with Crippen molar-refractivity contribution < 1.29 is 13.2 Å². The second-order valence-electron chi connectivity index (χ2n) is 4.95. The van der Waals surface area contributed by atoms with Gasteiger partial charge in [0.05, 0.1) is 5.56 Å². The van der Waals surface area contributed by atoms with Crippen molar-refractivity contribution in [2.45, 2.75) is 31.9 Å². The van der Waals surface area contributed by atoms with E-state index in [1.807, 2.05) is 0 Å². The molecule has 1 nitrogen and oxygen atoms in total. The van der Waals surface area contributed by atoms with Gasteiger partial charge in [-0.2, -0.15) is 13.2 Å². The Balaban J connectivity index is 0.00000180. The van der Waals surface area contributed by atoms with Gasteiger partial charge in [-0.1, -0.05) is 18.2 Å². The first kappa shape index (κ1) is 16.3. The van der Waals surface area contributed by atoms with Gasteiger partial charge < -0.3 is 5.32 Å². The van der Waals surface area contributed by atoms with E-state index < -0.39 is 11.7 Å². The maximum atomic E-state index is 12.6. The van der Waals surface area contributed by atoms with Crippen LogP contribution in [-0.2, 0) is 12.6 Å². The smallest absolute Gasteiger partial charge is 0.316 e. The molecule has 1 N–H and O–H groups in total. The number of nitrogens with one attached hydrogen (secondary N) is 1. The quantitative estimate of drug-likeness (QED) is 0.886. The van der Waals surface area contributed by atoms with Crippen LogP contribution in [0, 0.1) is 5.92 Å². The van der Waals surface area contributed by atoms with Gasteiger partial charge in [-0.3, -0.25) is 0 Å². The molecule has 1 unspecified atom stereocenters. The molecule has 5 heteroatoms. The van der Waals surface area contributed by atoms with E-state index in [-0.39, 0.29) is 12.4 Å². The number of hydrogen-bond acceptors (Lipinski definition) is 1. The topological polar surface area (TPSA) is 12.0 Å². The first-order valence-electron chi connectivity index (χ1n) is 6.42. The highest BCUT2D eigenvalue weighted by Gasteiger charge is 2.30. The SMILES string of the molecule is Cl.FC(F)(F)c1cccc(CCC2CCCNC2)c1. The van der Waals surface area contributed by atoms with E-state index in [0.29, 0.717) is 5.92 Å². The van der Waals surface area contributed by atoms with Crippen LogP contribution in [-0.4, -0.2) is 13.1 Å². The number of benzene rings is 1. The van der Waals surface area contributed by atoms with E-state index in [0.717, 1.165) is 37.6 Å². The molecule has 0 amide bonds. The Morgan fingerprint density at radius 1 is 1.26 bits per heavy atom. The number of piperidine rings is 1. The summed E-state index contributed by atoms with van der Waals surface area (Å²) in [5.41, 5.74) is 0.247. The molecule has 1 aliphatic rings. The summed E-state index contributed by atoms with van der Waals surface area (Å²) in [6.45, 7) is 2.07. The first-order valence-corrected chi connectivity index (χ1v) is 6.42. The van der Waals surface area contributed by atoms with Gasteiger partial charge >= 0.3 is 6.18 Å². The highest BCUT2D eigenvalue weighted by molar-refractivity contribution is 5.85. The Labute approximate surface area is 118 Å². The molecular formula is C14H19ClF3N. The molecule has 108 valence electrons. The lowest BCUT2D eigenvalue weighted by Gasteiger charge is -2.22. The molecule has 1 heterocycles. The van der Waals surface area contributed by atoms with Crippen LogP contribution in [0.2, 0.25) is 0 Å². The highest BCUT2D eigenvalue weighted by Crippen LogP contribution is 2.30. The zero-order valence-corrected chi connectivity index (χ0v) is 11.5. The maximum Gasteiger partial charge on any atom is 0.416 e. The summed E-state index contributed by atoms with van der Waals surface area (Å²) in [5.74, 6) is 0.605. The van der Waals surface area contributed by atoms with E-state index in [1.54, 1.807) is 6.07 Å². The molecule has 2 rings (SSSR count). The number of hydrogen-bond donors (Lipinski definition) is 1. The minimum atomic E-state index is -4.23. The number of rotatable bonds is 3. The zero-order valence-electron chi connectivity index (χ0n) is 10.7. The van der Waals surface area contributed by atoms with Gasteiger partial charge in [0.15, 0.2) is 0 Å².